The van der Waals surface area contributed by atoms with E-state index in [-0.39, 0.29) is 5.41 Å². The lowest BCUT2D eigenvalue weighted by atomic mass is 9.85. The molecule has 0 spiro atoms. The number of aromatic nitrogens is 3. The molecule has 1 unspecified atom stereocenters. The maximum absolute atomic E-state index is 6.07. The second-order valence-corrected chi connectivity index (χ2v) is 4.78. The van der Waals surface area contributed by atoms with Crippen LogP contribution >= 0.6 is 11.6 Å². The summed E-state index contributed by atoms with van der Waals surface area (Å²) in [6.45, 7) is 4.63. The molecular weight excluding hydrogens is 226 g/mol. The van der Waals surface area contributed by atoms with Crippen LogP contribution in [0.1, 0.15) is 25.6 Å². The standard InChI is InChI=1S/C11H18ClN3O/c1-2-4-15-10(13-9-14-15)6-11(7-12)3-5-16-8-11/h9H,2-8H2,1H3. The number of ether oxygens (including phenoxy) is 1. The highest BCUT2D eigenvalue weighted by Gasteiger charge is 2.35. The lowest BCUT2D eigenvalue weighted by Gasteiger charge is -2.23. The second-order valence-electron chi connectivity index (χ2n) is 4.51. The number of hydrogen-bond acceptors (Lipinski definition) is 3. The van der Waals surface area contributed by atoms with Crippen LogP contribution in [0, 0.1) is 5.41 Å². The maximum atomic E-state index is 6.07. The van der Waals surface area contributed by atoms with Gasteiger partial charge in [0, 0.05) is 30.9 Å². The van der Waals surface area contributed by atoms with Crippen molar-refractivity contribution < 1.29 is 4.74 Å². The third-order valence-electron chi connectivity index (χ3n) is 3.13. The molecule has 1 atom stereocenters. The fourth-order valence-electron chi connectivity index (χ4n) is 2.10. The van der Waals surface area contributed by atoms with Gasteiger partial charge in [-0.3, -0.25) is 4.68 Å². The van der Waals surface area contributed by atoms with Crippen LogP contribution in [0.25, 0.3) is 0 Å². The average molecular weight is 244 g/mol. The summed E-state index contributed by atoms with van der Waals surface area (Å²) in [5.41, 5.74) is 0.0695. The zero-order chi connectivity index (χ0) is 11.4. The molecule has 4 nitrogen and oxygen atoms in total. The Labute approximate surface area is 101 Å². The van der Waals surface area contributed by atoms with Crippen molar-refractivity contribution in [3.8, 4) is 0 Å². The molecule has 2 rings (SSSR count). The van der Waals surface area contributed by atoms with E-state index in [2.05, 4.69) is 17.0 Å². The molecule has 90 valence electrons. The number of rotatable bonds is 5. The van der Waals surface area contributed by atoms with Crippen molar-refractivity contribution in [2.45, 2.75) is 32.7 Å². The highest BCUT2D eigenvalue weighted by Crippen LogP contribution is 2.33. The van der Waals surface area contributed by atoms with Gasteiger partial charge in [0.1, 0.15) is 12.2 Å². The van der Waals surface area contributed by atoms with Gasteiger partial charge in [-0.25, -0.2) is 4.98 Å². The van der Waals surface area contributed by atoms with Crippen molar-refractivity contribution in [3.63, 3.8) is 0 Å². The number of aryl methyl sites for hydroxylation is 1. The summed E-state index contributed by atoms with van der Waals surface area (Å²) in [5.74, 6) is 1.67. The van der Waals surface area contributed by atoms with Crippen LogP contribution in [-0.4, -0.2) is 33.9 Å². The quantitative estimate of drug-likeness (QED) is 0.742. The predicted molar refractivity (Wildman–Crippen MR) is 62.6 cm³/mol. The average Bonchev–Trinajstić information content (AvgIpc) is 2.91. The molecule has 1 aliphatic rings. The highest BCUT2D eigenvalue weighted by atomic mass is 35.5. The summed E-state index contributed by atoms with van der Waals surface area (Å²) >= 11 is 6.07. The summed E-state index contributed by atoms with van der Waals surface area (Å²) < 4.78 is 7.44. The second kappa shape index (κ2) is 5.15. The van der Waals surface area contributed by atoms with Crippen molar-refractivity contribution in [3.05, 3.63) is 12.2 Å². The minimum absolute atomic E-state index is 0.0695. The topological polar surface area (TPSA) is 39.9 Å². The molecule has 0 aliphatic carbocycles. The van der Waals surface area contributed by atoms with E-state index in [0.29, 0.717) is 5.88 Å². The summed E-state index contributed by atoms with van der Waals surface area (Å²) in [6, 6.07) is 0. The Bertz CT molecular complexity index is 334. The van der Waals surface area contributed by atoms with Gasteiger partial charge < -0.3 is 4.74 Å². The van der Waals surface area contributed by atoms with E-state index in [9.17, 15) is 0 Å². The van der Waals surface area contributed by atoms with Gasteiger partial charge in [-0.1, -0.05) is 6.92 Å². The third-order valence-corrected chi connectivity index (χ3v) is 3.70. The number of alkyl halides is 1. The largest absolute Gasteiger partial charge is 0.381 e. The molecule has 16 heavy (non-hydrogen) atoms. The third kappa shape index (κ3) is 2.38. The van der Waals surface area contributed by atoms with Gasteiger partial charge in [0.15, 0.2) is 0 Å². The van der Waals surface area contributed by atoms with Crippen LogP contribution in [0.4, 0.5) is 0 Å². The molecule has 0 N–H and O–H groups in total. The van der Waals surface area contributed by atoms with Crippen LogP contribution in [-0.2, 0) is 17.7 Å². The predicted octanol–water partition coefficient (Wildman–Crippen LogP) is 1.88. The van der Waals surface area contributed by atoms with Gasteiger partial charge in [-0.05, 0) is 12.8 Å². The summed E-state index contributed by atoms with van der Waals surface area (Å²) in [5, 5.41) is 4.24. The Hall–Kier alpha value is -0.610. The molecule has 1 aromatic rings. The van der Waals surface area contributed by atoms with E-state index >= 15 is 0 Å². The van der Waals surface area contributed by atoms with Crippen LogP contribution in [0.15, 0.2) is 6.33 Å². The van der Waals surface area contributed by atoms with E-state index < -0.39 is 0 Å². The van der Waals surface area contributed by atoms with Gasteiger partial charge in [0.05, 0.1) is 6.61 Å². The summed E-state index contributed by atoms with van der Waals surface area (Å²) in [6.07, 6.45) is 4.59. The van der Waals surface area contributed by atoms with Gasteiger partial charge in [0.25, 0.3) is 0 Å². The molecular formula is C11H18ClN3O. The number of hydrogen-bond donors (Lipinski definition) is 0. The summed E-state index contributed by atoms with van der Waals surface area (Å²) in [7, 11) is 0. The lowest BCUT2D eigenvalue weighted by molar-refractivity contribution is 0.159. The Morgan fingerprint density at radius 1 is 1.62 bits per heavy atom. The molecule has 0 bridgehead atoms. The SMILES string of the molecule is CCCn1ncnc1CC1(CCl)CCOC1. The molecule has 1 aliphatic heterocycles. The van der Waals surface area contributed by atoms with Gasteiger partial charge >= 0.3 is 0 Å². The molecule has 0 aromatic carbocycles. The number of halogens is 1. The van der Waals surface area contributed by atoms with Crippen molar-refractivity contribution in [2.24, 2.45) is 5.41 Å². The van der Waals surface area contributed by atoms with Crippen LogP contribution < -0.4 is 0 Å². The normalized spacial score (nSPS) is 25.1. The first-order valence-electron chi connectivity index (χ1n) is 5.80. The van der Waals surface area contributed by atoms with E-state index in [1.807, 2.05) is 4.68 Å². The first kappa shape index (κ1) is 11.9. The first-order chi connectivity index (χ1) is 7.79. The fourth-order valence-corrected chi connectivity index (χ4v) is 2.41. The minimum atomic E-state index is 0.0695. The Kier molecular flexibility index (Phi) is 3.82. The lowest BCUT2D eigenvalue weighted by Crippen LogP contribution is -2.28. The number of nitrogens with zero attached hydrogens (tertiary/aromatic N) is 3. The van der Waals surface area contributed by atoms with E-state index in [4.69, 9.17) is 16.3 Å². The van der Waals surface area contributed by atoms with Crippen molar-refractivity contribution in [2.75, 3.05) is 19.1 Å². The Morgan fingerprint density at radius 2 is 2.50 bits per heavy atom. The van der Waals surface area contributed by atoms with Crippen molar-refractivity contribution >= 4 is 11.6 Å². The maximum Gasteiger partial charge on any atom is 0.138 e. The Morgan fingerprint density at radius 3 is 3.12 bits per heavy atom. The van der Waals surface area contributed by atoms with Crippen molar-refractivity contribution in [1.29, 1.82) is 0 Å². The van der Waals surface area contributed by atoms with Crippen molar-refractivity contribution in [1.82, 2.24) is 14.8 Å². The van der Waals surface area contributed by atoms with E-state index in [0.717, 1.165) is 44.8 Å². The van der Waals surface area contributed by atoms with Gasteiger partial charge in [0.2, 0.25) is 0 Å². The zero-order valence-corrected chi connectivity index (χ0v) is 10.4. The minimum Gasteiger partial charge on any atom is -0.381 e. The molecule has 1 saturated heterocycles. The first-order valence-corrected chi connectivity index (χ1v) is 6.33. The summed E-state index contributed by atoms with van der Waals surface area (Å²) in [4.78, 5) is 4.33. The molecule has 0 radical (unpaired) electrons. The Balaban J connectivity index is 2.09. The smallest absolute Gasteiger partial charge is 0.138 e. The molecule has 5 heteroatoms. The molecule has 0 amide bonds. The fraction of sp³-hybridized carbons (Fsp3) is 0.818. The monoisotopic (exact) mass is 243 g/mol. The highest BCUT2D eigenvalue weighted by molar-refractivity contribution is 6.18. The zero-order valence-electron chi connectivity index (χ0n) is 9.65. The van der Waals surface area contributed by atoms with Crippen LogP contribution in [0.5, 0.6) is 0 Å². The van der Waals surface area contributed by atoms with Crippen LogP contribution in [0.3, 0.4) is 0 Å². The molecule has 0 saturated carbocycles. The van der Waals surface area contributed by atoms with E-state index in [1.165, 1.54) is 0 Å². The van der Waals surface area contributed by atoms with E-state index in [1.54, 1.807) is 6.33 Å². The molecule has 1 fully saturated rings. The van der Waals surface area contributed by atoms with Gasteiger partial charge in [-0.15, -0.1) is 11.6 Å². The van der Waals surface area contributed by atoms with Gasteiger partial charge in [-0.2, -0.15) is 5.10 Å². The molecule has 2 heterocycles. The van der Waals surface area contributed by atoms with Crippen LogP contribution in [0.2, 0.25) is 0 Å². The molecule has 1 aromatic heterocycles.